The van der Waals surface area contributed by atoms with Gasteiger partial charge in [-0.05, 0) is 45.9 Å². The van der Waals surface area contributed by atoms with Crippen LogP contribution in [0.5, 0.6) is 0 Å². The van der Waals surface area contributed by atoms with Gasteiger partial charge in [-0.2, -0.15) is 0 Å². The Morgan fingerprint density at radius 1 is 0.368 bits per heavy atom. The van der Waals surface area contributed by atoms with Crippen molar-refractivity contribution < 1.29 is 0 Å². The molecule has 0 amide bonds. The van der Waals surface area contributed by atoms with Crippen molar-refractivity contribution in [2.75, 3.05) is 45.8 Å². The third-order valence-corrected chi connectivity index (χ3v) is 6.68. The zero-order chi connectivity index (χ0) is 28.3. The van der Waals surface area contributed by atoms with Gasteiger partial charge in [0.05, 0.1) is 22.7 Å². The summed E-state index contributed by atoms with van der Waals surface area (Å²) in [5.41, 5.74) is 5.79. The highest BCUT2D eigenvalue weighted by Crippen LogP contribution is 2.51. The largest absolute Gasteiger partial charge is 0.322 e. The van der Waals surface area contributed by atoms with Crippen LogP contribution in [0, 0.1) is 21.7 Å². The van der Waals surface area contributed by atoms with E-state index in [0.717, 1.165) is 26.2 Å². The Balaban J connectivity index is 2.07. The Bertz CT molecular complexity index is 997. The Kier molecular flexibility index (Phi) is 7.12. The van der Waals surface area contributed by atoms with Crippen LogP contribution in [-0.2, 0) is 0 Å². The molecule has 4 heteroatoms. The minimum atomic E-state index is 0.131. The highest BCUT2D eigenvalue weighted by molar-refractivity contribution is 5.89. The van der Waals surface area contributed by atoms with Crippen LogP contribution in [0.15, 0.2) is 60.2 Å². The smallest absolute Gasteiger partial charge is 0.156 e. The lowest BCUT2D eigenvalue weighted by atomic mass is 9.94. The van der Waals surface area contributed by atoms with Crippen LogP contribution in [0.1, 0.15) is 83.1 Å². The van der Waals surface area contributed by atoms with Crippen LogP contribution in [0.2, 0.25) is 0 Å². The monoisotopic (exact) mass is 516 g/mol. The average Bonchev–Trinajstić information content (AvgIpc) is 3.16. The van der Waals surface area contributed by atoms with Crippen LogP contribution in [0.4, 0.5) is 22.7 Å². The summed E-state index contributed by atoms with van der Waals surface area (Å²) in [5.74, 6) is 2.64. The number of anilines is 4. The van der Waals surface area contributed by atoms with Crippen molar-refractivity contribution in [3.05, 3.63) is 60.2 Å². The number of fused-ring (bicyclic) bond motifs is 2. The Morgan fingerprint density at radius 2 is 0.553 bits per heavy atom. The summed E-state index contributed by atoms with van der Waals surface area (Å²) < 4.78 is 0. The van der Waals surface area contributed by atoms with Crippen molar-refractivity contribution in [1.82, 2.24) is 0 Å². The Labute approximate surface area is 233 Å². The molecule has 0 saturated carbocycles. The van der Waals surface area contributed by atoms with Gasteiger partial charge in [-0.15, -0.1) is 0 Å². The van der Waals surface area contributed by atoms with Gasteiger partial charge in [0.2, 0.25) is 0 Å². The summed E-state index contributed by atoms with van der Waals surface area (Å²) in [6.07, 6.45) is 0. The first kappa shape index (κ1) is 28.4. The zero-order valence-corrected chi connectivity index (χ0v) is 26.2. The van der Waals surface area contributed by atoms with E-state index >= 15 is 0 Å². The van der Waals surface area contributed by atoms with E-state index in [0.29, 0.717) is 0 Å². The molecule has 0 spiro atoms. The molecule has 2 aromatic carbocycles. The van der Waals surface area contributed by atoms with E-state index in [1.165, 1.54) is 34.4 Å². The third kappa shape index (κ3) is 6.16. The molecule has 4 nitrogen and oxygen atoms in total. The minimum absolute atomic E-state index is 0.131. The maximum atomic E-state index is 2.62. The normalized spacial score (nSPS) is 16.5. The Hall–Kier alpha value is -2.62. The average molecular weight is 517 g/mol. The highest BCUT2D eigenvalue weighted by Gasteiger charge is 2.44. The van der Waals surface area contributed by atoms with Crippen LogP contribution >= 0.6 is 0 Å². The number of benzene rings is 2. The molecule has 2 aliphatic heterocycles. The fourth-order valence-corrected chi connectivity index (χ4v) is 5.61. The van der Waals surface area contributed by atoms with Gasteiger partial charge in [-0.3, -0.25) is 0 Å². The quantitative estimate of drug-likeness (QED) is 0.402. The number of para-hydroxylation sites is 4. The second-order valence-corrected chi connectivity index (χ2v) is 16.2. The summed E-state index contributed by atoms with van der Waals surface area (Å²) in [4.78, 5) is 10.5. The first-order chi connectivity index (χ1) is 17.3. The van der Waals surface area contributed by atoms with Crippen molar-refractivity contribution in [1.29, 1.82) is 0 Å². The SMILES string of the molecule is CC(C)(C)CN1C(=C2N(CC(C)(C)C)c3ccccc3N2CC(C)(C)C)N(CC(C)(C)C)c2ccccc21. The van der Waals surface area contributed by atoms with E-state index in [9.17, 15) is 0 Å². The third-order valence-electron chi connectivity index (χ3n) is 6.68. The highest BCUT2D eigenvalue weighted by atomic mass is 15.5. The molecule has 0 N–H and O–H groups in total. The molecule has 0 saturated heterocycles. The maximum absolute atomic E-state index is 2.62. The van der Waals surface area contributed by atoms with Crippen molar-refractivity contribution in [2.24, 2.45) is 21.7 Å². The summed E-state index contributed by atoms with van der Waals surface area (Å²) in [7, 11) is 0. The fraction of sp³-hybridized carbons (Fsp3) is 0.588. The molecule has 38 heavy (non-hydrogen) atoms. The summed E-state index contributed by atoms with van der Waals surface area (Å²) in [5, 5.41) is 0. The predicted molar refractivity (Wildman–Crippen MR) is 167 cm³/mol. The molecule has 0 fully saturated rings. The van der Waals surface area contributed by atoms with Gasteiger partial charge in [0.25, 0.3) is 0 Å². The fourth-order valence-electron chi connectivity index (χ4n) is 5.61. The second kappa shape index (κ2) is 9.54. The van der Waals surface area contributed by atoms with E-state index in [-0.39, 0.29) is 21.7 Å². The topological polar surface area (TPSA) is 13.0 Å². The molecule has 208 valence electrons. The van der Waals surface area contributed by atoms with Crippen LogP contribution in [-0.4, -0.2) is 26.2 Å². The molecule has 2 aliphatic rings. The van der Waals surface area contributed by atoms with Gasteiger partial charge in [0, 0.05) is 26.2 Å². The number of hydrogen-bond acceptors (Lipinski definition) is 4. The maximum Gasteiger partial charge on any atom is 0.156 e. The molecular formula is C34H52N4. The van der Waals surface area contributed by atoms with Crippen LogP contribution in [0.25, 0.3) is 0 Å². The molecule has 4 rings (SSSR count). The lowest BCUT2D eigenvalue weighted by molar-refractivity contribution is 0.396. The van der Waals surface area contributed by atoms with Gasteiger partial charge in [-0.25, -0.2) is 0 Å². The standard InChI is InChI=1S/C34H52N4/c1-31(2,3)21-35-25-17-13-14-18-26(25)36(22-32(4,5)6)29(35)30-37(23-33(7,8)9)27-19-15-16-20-28(27)38(30)24-34(10,11)12/h13-20H,21-24H2,1-12H3. The van der Waals surface area contributed by atoms with E-state index in [1.807, 2.05) is 0 Å². The number of hydrogen-bond donors (Lipinski definition) is 0. The molecule has 2 heterocycles. The summed E-state index contributed by atoms with van der Waals surface area (Å²) in [6.45, 7) is 32.1. The van der Waals surface area contributed by atoms with E-state index in [1.54, 1.807) is 0 Å². The second-order valence-electron chi connectivity index (χ2n) is 16.2. The van der Waals surface area contributed by atoms with Crippen molar-refractivity contribution in [3.63, 3.8) is 0 Å². The molecular weight excluding hydrogens is 464 g/mol. The van der Waals surface area contributed by atoms with Gasteiger partial charge in [0.15, 0.2) is 11.6 Å². The lowest BCUT2D eigenvalue weighted by Gasteiger charge is -2.40. The van der Waals surface area contributed by atoms with E-state index < -0.39 is 0 Å². The number of nitrogens with zero attached hydrogens (tertiary/aromatic N) is 4. The van der Waals surface area contributed by atoms with Crippen molar-refractivity contribution >= 4 is 22.7 Å². The van der Waals surface area contributed by atoms with Gasteiger partial charge < -0.3 is 19.6 Å². The molecule has 0 bridgehead atoms. The minimum Gasteiger partial charge on any atom is -0.322 e. The molecule has 0 aliphatic carbocycles. The first-order valence-electron chi connectivity index (χ1n) is 14.4. The molecule has 0 radical (unpaired) electrons. The molecule has 0 aromatic heterocycles. The molecule has 0 atom stereocenters. The molecule has 0 unspecified atom stereocenters. The summed E-state index contributed by atoms with van der Waals surface area (Å²) in [6, 6.07) is 18.0. The van der Waals surface area contributed by atoms with Gasteiger partial charge in [-0.1, -0.05) is 107 Å². The van der Waals surface area contributed by atoms with Gasteiger partial charge >= 0.3 is 0 Å². The van der Waals surface area contributed by atoms with Gasteiger partial charge in [0.1, 0.15) is 0 Å². The van der Waals surface area contributed by atoms with Crippen molar-refractivity contribution in [2.45, 2.75) is 83.1 Å². The van der Waals surface area contributed by atoms with E-state index in [2.05, 4.69) is 151 Å². The Morgan fingerprint density at radius 3 is 0.711 bits per heavy atom. The first-order valence-corrected chi connectivity index (χ1v) is 14.4. The van der Waals surface area contributed by atoms with E-state index in [4.69, 9.17) is 0 Å². The predicted octanol–water partition coefficient (Wildman–Crippen LogP) is 8.95. The van der Waals surface area contributed by atoms with Crippen LogP contribution < -0.4 is 19.6 Å². The number of rotatable bonds is 4. The lowest BCUT2D eigenvalue weighted by Crippen LogP contribution is -2.46. The summed E-state index contributed by atoms with van der Waals surface area (Å²) >= 11 is 0. The molecule has 2 aromatic rings. The van der Waals surface area contributed by atoms with Crippen LogP contribution in [0.3, 0.4) is 0 Å². The zero-order valence-electron chi connectivity index (χ0n) is 26.2. The van der Waals surface area contributed by atoms with Crippen molar-refractivity contribution in [3.8, 4) is 0 Å².